The Kier molecular flexibility index (Phi) is 7.43. The topological polar surface area (TPSA) is 62.2 Å². The molecule has 5 aromatic rings. The van der Waals surface area contributed by atoms with Crippen molar-refractivity contribution in [2.45, 2.75) is 19.1 Å². The molecule has 0 aliphatic heterocycles. The van der Waals surface area contributed by atoms with Crippen molar-refractivity contribution in [3.05, 3.63) is 131 Å². The van der Waals surface area contributed by atoms with Crippen LogP contribution in [-0.2, 0) is 19.1 Å². The molecule has 0 aliphatic carbocycles. The minimum absolute atomic E-state index is 0.0540. The largest absolute Gasteiger partial charge is 0.418 e. The van der Waals surface area contributed by atoms with E-state index in [9.17, 15) is 18.0 Å². The van der Waals surface area contributed by atoms with E-state index >= 15 is 0 Å². The summed E-state index contributed by atoms with van der Waals surface area (Å²) in [6, 6.07) is 29.2. The summed E-state index contributed by atoms with van der Waals surface area (Å²) in [5.41, 5.74) is 3.16. The molecule has 0 saturated carbocycles. The Hall–Kier alpha value is -4.49. The number of alkyl halides is 3. The number of carbonyl (C=O) groups excluding carboxylic acids is 1. The molecule has 4 nitrogen and oxygen atoms in total. The highest BCUT2D eigenvalue weighted by Crippen LogP contribution is 2.38. The molecule has 0 fully saturated rings. The van der Waals surface area contributed by atoms with Gasteiger partial charge in [-0.3, -0.25) is 4.79 Å². The molecule has 0 atom stereocenters. The van der Waals surface area contributed by atoms with Crippen LogP contribution in [-0.4, -0.2) is 22.5 Å². The Morgan fingerprint density at radius 3 is 2.26 bits per heavy atom. The molecule has 196 valence electrons. The number of benzene rings is 4. The summed E-state index contributed by atoms with van der Waals surface area (Å²) in [6.45, 7) is 0.632. The van der Waals surface area contributed by atoms with Crippen LogP contribution in [0.15, 0.2) is 103 Å². The third kappa shape index (κ3) is 5.84. The summed E-state index contributed by atoms with van der Waals surface area (Å²) < 4.78 is 41.9. The van der Waals surface area contributed by atoms with E-state index in [0.717, 1.165) is 22.9 Å². The average Bonchev–Trinajstić information content (AvgIpc) is 2.96. The van der Waals surface area contributed by atoms with Crippen molar-refractivity contribution in [3.63, 3.8) is 0 Å². The van der Waals surface area contributed by atoms with Gasteiger partial charge >= 0.3 is 6.18 Å². The van der Waals surface area contributed by atoms with Crippen LogP contribution in [0.5, 0.6) is 0 Å². The Labute approximate surface area is 223 Å². The molecule has 2 N–H and O–H groups in total. The fourth-order valence-corrected chi connectivity index (χ4v) is 4.52. The number of ketones is 1. The van der Waals surface area contributed by atoms with Crippen LogP contribution in [0.3, 0.4) is 0 Å². The van der Waals surface area contributed by atoms with Crippen LogP contribution in [0.25, 0.3) is 22.0 Å². The Morgan fingerprint density at radius 2 is 1.54 bits per heavy atom. The predicted octanol–water partition coefficient (Wildman–Crippen LogP) is 7.30. The zero-order chi connectivity index (χ0) is 27.4. The number of fused-ring (bicyclic) bond motifs is 1. The fraction of sp³-hybridized carbons (Fsp3) is 0.125. The number of halogens is 3. The van der Waals surface area contributed by atoms with Crippen molar-refractivity contribution in [1.29, 1.82) is 0 Å². The molecule has 4 aromatic carbocycles. The van der Waals surface area contributed by atoms with Crippen LogP contribution in [0.4, 0.5) is 18.9 Å². The van der Waals surface area contributed by atoms with E-state index < -0.39 is 17.5 Å². The summed E-state index contributed by atoms with van der Waals surface area (Å²) in [7, 11) is 0. The number of pyridine rings is 1. The molecular formula is C32H25F3N2O2. The molecule has 0 saturated heterocycles. The molecule has 0 amide bonds. The van der Waals surface area contributed by atoms with Crippen molar-refractivity contribution >= 4 is 22.4 Å². The van der Waals surface area contributed by atoms with Gasteiger partial charge in [0.25, 0.3) is 0 Å². The highest BCUT2D eigenvalue weighted by molar-refractivity contribution is 6.10. The molecule has 0 bridgehead atoms. The second kappa shape index (κ2) is 11.1. The predicted molar refractivity (Wildman–Crippen MR) is 147 cm³/mol. The van der Waals surface area contributed by atoms with E-state index in [4.69, 9.17) is 5.11 Å². The molecule has 7 heteroatoms. The molecule has 39 heavy (non-hydrogen) atoms. The highest BCUT2D eigenvalue weighted by atomic mass is 19.4. The maximum Gasteiger partial charge on any atom is 0.418 e. The summed E-state index contributed by atoms with van der Waals surface area (Å²) >= 11 is 0. The summed E-state index contributed by atoms with van der Waals surface area (Å²) in [5.74, 6) is -0.449. The van der Waals surface area contributed by atoms with E-state index in [1.165, 1.54) is 6.07 Å². The molecule has 0 spiro atoms. The first-order valence-corrected chi connectivity index (χ1v) is 12.5. The third-order valence-electron chi connectivity index (χ3n) is 6.51. The van der Waals surface area contributed by atoms with Gasteiger partial charge in [0.15, 0.2) is 0 Å². The highest BCUT2D eigenvalue weighted by Gasteiger charge is 2.34. The first-order valence-electron chi connectivity index (χ1n) is 12.5. The lowest BCUT2D eigenvalue weighted by molar-refractivity contribution is -0.136. The number of nitrogens with zero attached hydrogens (tertiary/aromatic N) is 1. The first kappa shape index (κ1) is 26.1. The summed E-state index contributed by atoms with van der Waals surface area (Å²) in [4.78, 5) is 17.5. The maximum absolute atomic E-state index is 14.0. The van der Waals surface area contributed by atoms with Gasteiger partial charge in [0.1, 0.15) is 5.69 Å². The Bertz CT molecular complexity index is 1620. The minimum atomic E-state index is -4.63. The second-order valence-corrected chi connectivity index (χ2v) is 9.17. The number of hydrogen-bond acceptors (Lipinski definition) is 4. The van der Waals surface area contributed by atoms with Crippen LogP contribution in [0, 0.1) is 0 Å². The average molecular weight is 527 g/mol. The lowest BCUT2D eigenvalue weighted by Gasteiger charge is -2.15. The number of aromatic nitrogens is 1. The lowest BCUT2D eigenvalue weighted by Crippen LogP contribution is -2.10. The zero-order valence-corrected chi connectivity index (χ0v) is 20.9. The number of aliphatic hydroxyl groups is 1. The number of anilines is 1. The molecule has 5 rings (SSSR count). The summed E-state index contributed by atoms with van der Waals surface area (Å²) in [5, 5.41) is 12.8. The van der Waals surface area contributed by atoms with E-state index in [2.05, 4.69) is 10.3 Å². The van der Waals surface area contributed by atoms with Gasteiger partial charge in [-0.05, 0) is 52.9 Å². The molecule has 1 aromatic heterocycles. The Balaban J connectivity index is 1.55. The lowest BCUT2D eigenvalue weighted by atomic mass is 9.96. The van der Waals surface area contributed by atoms with E-state index in [0.29, 0.717) is 35.0 Å². The quantitative estimate of drug-likeness (QED) is 0.208. The number of aliphatic hydroxyl groups excluding tert-OH is 1. The first-order chi connectivity index (χ1) is 18.8. The number of carbonyl (C=O) groups is 1. The van der Waals surface area contributed by atoms with Crippen molar-refractivity contribution in [2.75, 3.05) is 11.9 Å². The van der Waals surface area contributed by atoms with E-state index in [1.54, 1.807) is 48.5 Å². The van der Waals surface area contributed by atoms with Crippen LogP contribution in [0.2, 0.25) is 0 Å². The smallest absolute Gasteiger partial charge is 0.396 e. The van der Waals surface area contributed by atoms with Gasteiger partial charge in [-0.1, -0.05) is 78.9 Å². The summed E-state index contributed by atoms with van der Waals surface area (Å²) in [6.07, 6.45) is -4.03. The monoisotopic (exact) mass is 526 g/mol. The molecule has 1 heterocycles. The minimum Gasteiger partial charge on any atom is -0.396 e. The standard InChI is InChI=1S/C32H25F3N2O2/c33-32(34,35)28-11-5-10-26-27(19-29(37-30(26)28)31(39)23-6-2-1-3-7-23)24-8-4-9-25(18-24)36-20-22-14-12-21(13-15-22)16-17-38/h1-15,18-19,36,38H,16-17,20H2. The molecular weight excluding hydrogens is 501 g/mol. The SMILES string of the molecule is O=C(c1ccccc1)c1cc(-c2cccc(NCc3ccc(CCO)cc3)c2)c2cccc(C(F)(F)F)c2n1. The maximum atomic E-state index is 14.0. The number of hydrogen-bond donors (Lipinski definition) is 2. The normalized spacial score (nSPS) is 11.5. The number of para-hydroxylation sites is 1. The van der Waals surface area contributed by atoms with Crippen molar-refractivity contribution in [2.24, 2.45) is 0 Å². The van der Waals surface area contributed by atoms with Crippen LogP contribution >= 0.6 is 0 Å². The van der Waals surface area contributed by atoms with E-state index in [-0.39, 0.29) is 17.8 Å². The van der Waals surface area contributed by atoms with Crippen molar-refractivity contribution in [3.8, 4) is 11.1 Å². The van der Waals surface area contributed by atoms with Crippen molar-refractivity contribution in [1.82, 2.24) is 4.98 Å². The molecule has 0 aliphatic rings. The van der Waals surface area contributed by atoms with Crippen LogP contribution < -0.4 is 5.32 Å². The van der Waals surface area contributed by atoms with Gasteiger partial charge in [-0.15, -0.1) is 0 Å². The van der Waals surface area contributed by atoms with Gasteiger partial charge in [-0.2, -0.15) is 13.2 Å². The van der Waals surface area contributed by atoms with Crippen molar-refractivity contribution < 1.29 is 23.1 Å². The van der Waals surface area contributed by atoms with Gasteiger partial charge in [0.2, 0.25) is 5.78 Å². The zero-order valence-electron chi connectivity index (χ0n) is 20.9. The van der Waals surface area contributed by atoms with Gasteiger partial charge in [0.05, 0.1) is 11.1 Å². The van der Waals surface area contributed by atoms with Gasteiger partial charge in [0, 0.05) is 29.8 Å². The number of nitrogens with one attached hydrogen (secondary N) is 1. The van der Waals surface area contributed by atoms with Gasteiger partial charge < -0.3 is 10.4 Å². The van der Waals surface area contributed by atoms with Crippen LogP contribution in [0.1, 0.15) is 32.7 Å². The Morgan fingerprint density at radius 1 is 0.821 bits per heavy atom. The molecule has 0 radical (unpaired) electrons. The third-order valence-corrected chi connectivity index (χ3v) is 6.51. The fourth-order valence-electron chi connectivity index (χ4n) is 4.52. The second-order valence-electron chi connectivity index (χ2n) is 9.17. The van der Waals surface area contributed by atoms with Gasteiger partial charge in [-0.25, -0.2) is 4.98 Å². The number of rotatable bonds is 8. The van der Waals surface area contributed by atoms with E-state index in [1.807, 2.05) is 42.5 Å². The molecule has 0 unspecified atom stereocenters.